The molecule has 1 amide bonds. The van der Waals surface area contributed by atoms with Crippen LogP contribution in [-0.2, 0) is 22.6 Å². The topological polar surface area (TPSA) is 98.5 Å². The molecule has 1 fully saturated rings. The van der Waals surface area contributed by atoms with Crippen LogP contribution >= 0.6 is 0 Å². The second-order valence-electron chi connectivity index (χ2n) is 9.68. The van der Waals surface area contributed by atoms with E-state index in [9.17, 15) is 18.7 Å². The molecule has 2 heterocycles. The van der Waals surface area contributed by atoms with Crippen molar-refractivity contribution in [3.05, 3.63) is 72.3 Å². The first-order chi connectivity index (χ1) is 19.3. The van der Waals surface area contributed by atoms with Gasteiger partial charge in [-0.1, -0.05) is 6.07 Å². The summed E-state index contributed by atoms with van der Waals surface area (Å²) in [6.07, 6.45) is 5.29. The Kier molecular flexibility index (Phi) is 9.91. The van der Waals surface area contributed by atoms with Gasteiger partial charge in [0.15, 0.2) is 23.1 Å². The summed E-state index contributed by atoms with van der Waals surface area (Å²) in [6.45, 7) is 2.16. The minimum absolute atomic E-state index is 0.0115. The second-order valence-corrected chi connectivity index (χ2v) is 9.68. The number of amides is 1. The van der Waals surface area contributed by atoms with Crippen molar-refractivity contribution < 1.29 is 37.6 Å². The van der Waals surface area contributed by atoms with Crippen LogP contribution in [0.1, 0.15) is 5.56 Å². The fourth-order valence-corrected chi connectivity index (χ4v) is 4.55. The van der Waals surface area contributed by atoms with Gasteiger partial charge >= 0.3 is 0 Å². The Morgan fingerprint density at radius 2 is 1.90 bits per heavy atom. The van der Waals surface area contributed by atoms with Crippen LogP contribution in [0.4, 0.5) is 8.78 Å². The molecule has 0 radical (unpaired) electrons. The molecule has 0 spiro atoms. The zero-order valence-corrected chi connectivity index (χ0v) is 22.6. The number of ether oxygens (including phenoxy) is 4. The predicted octanol–water partition coefficient (Wildman–Crippen LogP) is 2.35. The Balaban J connectivity index is 1.45. The largest absolute Gasteiger partial charge is 0.493 e. The molecule has 1 atom stereocenters. The van der Waals surface area contributed by atoms with Crippen LogP contribution < -0.4 is 14.2 Å². The minimum atomic E-state index is -1.49. The van der Waals surface area contributed by atoms with Gasteiger partial charge in [0.2, 0.25) is 5.91 Å². The lowest BCUT2D eigenvalue weighted by Crippen LogP contribution is -2.52. The van der Waals surface area contributed by atoms with E-state index in [-0.39, 0.29) is 38.0 Å². The Morgan fingerprint density at radius 3 is 2.62 bits per heavy atom. The van der Waals surface area contributed by atoms with E-state index in [2.05, 4.69) is 4.98 Å². The molecule has 12 heteroatoms. The molecule has 0 unspecified atom stereocenters. The molecule has 1 N–H and O–H groups in total. The summed E-state index contributed by atoms with van der Waals surface area (Å²) in [7, 11) is 3.00. The summed E-state index contributed by atoms with van der Waals surface area (Å²) in [5.74, 6) is -1.05. The monoisotopic (exact) mass is 560 g/mol. The van der Waals surface area contributed by atoms with Crippen molar-refractivity contribution in [1.29, 1.82) is 0 Å². The SMILES string of the molecule is COCC(=O)N1CCN(Cc2ccc(OCCn3ccnc3)c(OC)c2)C[C@](O)(COc2ccc(F)c(F)c2)C1. The van der Waals surface area contributed by atoms with Crippen LogP contribution in [0.5, 0.6) is 17.2 Å². The Hall–Kier alpha value is -3.74. The first-order valence-electron chi connectivity index (χ1n) is 12.8. The van der Waals surface area contributed by atoms with E-state index in [1.165, 1.54) is 18.1 Å². The van der Waals surface area contributed by atoms with Crippen molar-refractivity contribution in [2.45, 2.75) is 18.7 Å². The first-order valence-corrected chi connectivity index (χ1v) is 12.8. The molecule has 1 saturated heterocycles. The predicted molar refractivity (Wildman–Crippen MR) is 141 cm³/mol. The van der Waals surface area contributed by atoms with E-state index < -0.39 is 17.2 Å². The first kappa shape index (κ1) is 29.2. The molecule has 3 aromatic rings. The fourth-order valence-electron chi connectivity index (χ4n) is 4.55. The second kappa shape index (κ2) is 13.6. The lowest BCUT2D eigenvalue weighted by atomic mass is 10.0. The molecular formula is C28H34F2N4O6. The number of benzene rings is 2. The average Bonchev–Trinajstić information content (AvgIpc) is 3.40. The zero-order valence-electron chi connectivity index (χ0n) is 22.6. The number of nitrogens with zero attached hydrogens (tertiary/aromatic N) is 4. The minimum Gasteiger partial charge on any atom is -0.493 e. The van der Waals surface area contributed by atoms with Crippen LogP contribution in [0.3, 0.4) is 0 Å². The average molecular weight is 561 g/mol. The van der Waals surface area contributed by atoms with E-state index >= 15 is 0 Å². The smallest absolute Gasteiger partial charge is 0.248 e. The van der Waals surface area contributed by atoms with Gasteiger partial charge < -0.3 is 33.5 Å². The quantitative estimate of drug-likeness (QED) is 0.361. The number of carbonyl (C=O) groups excluding carboxylic acids is 1. The molecule has 0 saturated carbocycles. The molecule has 1 aliphatic rings. The van der Waals surface area contributed by atoms with Crippen LogP contribution in [0.2, 0.25) is 0 Å². The molecule has 4 rings (SSSR count). The van der Waals surface area contributed by atoms with Crippen molar-refractivity contribution >= 4 is 5.91 Å². The number of rotatable bonds is 12. The van der Waals surface area contributed by atoms with Crippen molar-refractivity contribution in [3.63, 3.8) is 0 Å². The van der Waals surface area contributed by atoms with E-state index in [4.69, 9.17) is 18.9 Å². The van der Waals surface area contributed by atoms with Crippen LogP contribution in [0, 0.1) is 11.6 Å². The third-order valence-electron chi connectivity index (χ3n) is 6.51. The summed E-state index contributed by atoms with van der Waals surface area (Å²) in [5.41, 5.74) is -0.579. The number of carbonyl (C=O) groups is 1. The van der Waals surface area contributed by atoms with Crippen molar-refractivity contribution in [1.82, 2.24) is 19.4 Å². The number of aromatic nitrogens is 2. The van der Waals surface area contributed by atoms with Gasteiger partial charge in [-0.3, -0.25) is 9.69 Å². The standard InChI is InChI=1S/C28H34F2N4O6/c1-37-16-27(35)34-10-9-33(17-28(36,18-34)19-40-22-4-5-23(29)24(30)14-22)15-21-3-6-25(26(13-21)38-2)39-12-11-32-8-7-31-20-32/h3-8,13-14,20,36H,9-12,15-19H2,1-2H3/t28-/m1/s1. The molecule has 0 aliphatic carbocycles. The Labute approximate surface area is 231 Å². The molecule has 1 aliphatic heterocycles. The van der Waals surface area contributed by atoms with Crippen LogP contribution in [0.25, 0.3) is 0 Å². The Bertz CT molecular complexity index is 1260. The molecule has 1 aromatic heterocycles. The number of imidazole rings is 1. The highest BCUT2D eigenvalue weighted by Gasteiger charge is 2.37. The summed E-state index contributed by atoms with van der Waals surface area (Å²) < 4.78 is 51.0. The number of hydrogen-bond acceptors (Lipinski definition) is 8. The van der Waals surface area contributed by atoms with Gasteiger partial charge in [0.1, 0.15) is 31.2 Å². The third-order valence-corrected chi connectivity index (χ3v) is 6.51. The summed E-state index contributed by atoms with van der Waals surface area (Å²) >= 11 is 0. The van der Waals surface area contributed by atoms with Gasteiger partial charge in [-0.25, -0.2) is 13.8 Å². The van der Waals surface area contributed by atoms with Gasteiger partial charge in [0.25, 0.3) is 0 Å². The zero-order chi connectivity index (χ0) is 28.5. The van der Waals surface area contributed by atoms with E-state index in [1.807, 2.05) is 33.9 Å². The van der Waals surface area contributed by atoms with Gasteiger partial charge in [-0.15, -0.1) is 0 Å². The van der Waals surface area contributed by atoms with Crippen LogP contribution in [-0.4, -0.2) is 96.2 Å². The maximum Gasteiger partial charge on any atom is 0.248 e. The number of β-amino-alcohol motifs (C(OH)–C–C–N with tert-alkyl or cyclic N) is 1. The lowest BCUT2D eigenvalue weighted by Gasteiger charge is -2.33. The molecular weight excluding hydrogens is 526 g/mol. The van der Waals surface area contributed by atoms with E-state index in [1.54, 1.807) is 19.6 Å². The van der Waals surface area contributed by atoms with Gasteiger partial charge in [-0.05, 0) is 29.8 Å². The van der Waals surface area contributed by atoms with Crippen LogP contribution in [0.15, 0.2) is 55.1 Å². The molecule has 10 nitrogen and oxygen atoms in total. The summed E-state index contributed by atoms with van der Waals surface area (Å²) in [4.78, 5) is 20.2. The van der Waals surface area contributed by atoms with Gasteiger partial charge in [0.05, 0.1) is 26.5 Å². The van der Waals surface area contributed by atoms with E-state index in [0.29, 0.717) is 44.3 Å². The third kappa shape index (κ3) is 7.90. The number of halogens is 2. The maximum atomic E-state index is 13.7. The molecule has 216 valence electrons. The molecule has 0 bridgehead atoms. The number of aliphatic hydroxyl groups is 1. The van der Waals surface area contributed by atoms with Gasteiger partial charge in [-0.2, -0.15) is 0 Å². The number of methoxy groups -OCH3 is 2. The van der Waals surface area contributed by atoms with Crippen molar-refractivity contribution in [3.8, 4) is 17.2 Å². The molecule has 40 heavy (non-hydrogen) atoms. The highest BCUT2D eigenvalue weighted by atomic mass is 19.2. The van der Waals surface area contributed by atoms with Crippen molar-refractivity contribution in [2.75, 3.05) is 60.2 Å². The number of hydrogen-bond donors (Lipinski definition) is 1. The highest BCUT2D eigenvalue weighted by molar-refractivity contribution is 5.77. The Morgan fingerprint density at radius 1 is 1.05 bits per heavy atom. The van der Waals surface area contributed by atoms with E-state index in [0.717, 1.165) is 17.7 Å². The molecule has 2 aromatic carbocycles. The normalized spacial score (nSPS) is 17.9. The maximum absolute atomic E-state index is 13.7. The summed E-state index contributed by atoms with van der Waals surface area (Å²) in [6, 6.07) is 8.81. The lowest BCUT2D eigenvalue weighted by molar-refractivity contribution is -0.138. The van der Waals surface area contributed by atoms with Crippen molar-refractivity contribution in [2.24, 2.45) is 0 Å². The fraction of sp³-hybridized carbons (Fsp3) is 0.429. The van der Waals surface area contributed by atoms with Gasteiger partial charge in [0, 0.05) is 51.7 Å². The summed E-state index contributed by atoms with van der Waals surface area (Å²) in [5, 5.41) is 11.6. The highest BCUT2D eigenvalue weighted by Crippen LogP contribution is 2.29.